The molecule has 3 nitrogen and oxygen atoms in total. The smallest absolute Gasteiger partial charge is 0.252 e. The molecule has 88 valence electrons. The number of nitrogens with zero attached hydrogens (tertiary/aromatic N) is 2. The van der Waals surface area contributed by atoms with E-state index in [1.165, 1.54) is 0 Å². The summed E-state index contributed by atoms with van der Waals surface area (Å²) in [6, 6.07) is 1.80. The van der Waals surface area contributed by atoms with E-state index < -0.39 is 5.92 Å². The Kier molecular flexibility index (Phi) is 2.24. The Morgan fingerprint density at radius 1 is 1.44 bits per heavy atom. The highest BCUT2D eigenvalue weighted by Gasteiger charge is 2.47. The van der Waals surface area contributed by atoms with Crippen LogP contribution in [0.3, 0.4) is 0 Å². The molecule has 1 saturated heterocycles. The zero-order valence-corrected chi connectivity index (χ0v) is 8.90. The van der Waals surface area contributed by atoms with Crippen LogP contribution in [-0.4, -0.2) is 28.9 Å². The van der Waals surface area contributed by atoms with Crippen molar-refractivity contribution in [1.82, 2.24) is 9.78 Å². The highest BCUT2D eigenvalue weighted by atomic mass is 19.3. The molecule has 0 N–H and O–H groups in total. The normalized spacial score (nSPS) is 29.2. The van der Waals surface area contributed by atoms with Gasteiger partial charge in [0, 0.05) is 37.3 Å². The highest BCUT2D eigenvalue weighted by Crippen LogP contribution is 2.46. The van der Waals surface area contributed by atoms with Gasteiger partial charge in [-0.25, -0.2) is 8.78 Å². The molecule has 0 radical (unpaired) electrons. The molecule has 2 heterocycles. The fourth-order valence-electron chi connectivity index (χ4n) is 2.52. The number of aromatic nitrogens is 2. The summed E-state index contributed by atoms with van der Waals surface area (Å²) >= 11 is 0. The van der Waals surface area contributed by atoms with Gasteiger partial charge in [0.2, 0.25) is 0 Å². The van der Waals surface area contributed by atoms with Crippen LogP contribution >= 0.6 is 0 Å². The molecule has 1 aliphatic heterocycles. The molecule has 0 spiro atoms. The minimum Gasteiger partial charge on any atom is -0.381 e. The number of alkyl halides is 2. The first-order valence-corrected chi connectivity index (χ1v) is 5.65. The summed E-state index contributed by atoms with van der Waals surface area (Å²) in [6.45, 7) is 1.45. The van der Waals surface area contributed by atoms with Crippen LogP contribution in [0.15, 0.2) is 12.3 Å². The SMILES string of the molecule is FC1(F)CC(n2nccc2C2CCOC2)C1. The van der Waals surface area contributed by atoms with E-state index in [2.05, 4.69) is 5.10 Å². The van der Waals surface area contributed by atoms with Gasteiger partial charge in [-0.05, 0) is 12.5 Å². The van der Waals surface area contributed by atoms with Crippen LogP contribution in [0, 0.1) is 0 Å². The predicted molar refractivity (Wildman–Crippen MR) is 53.6 cm³/mol. The summed E-state index contributed by atoms with van der Waals surface area (Å²) in [7, 11) is 0. The summed E-state index contributed by atoms with van der Waals surface area (Å²) < 4.78 is 32.7. The van der Waals surface area contributed by atoms with E-state index in [0.29, 0.717) is 12.5 Å². The van der Waals surface area contributed by atoms with Gasteiger partial charge in [-0.1, -0.05) is 0 Å². The maximum absolute atomic E-state index is 12.8. The summed E-state index contributed by atoms with van der Waals surface area (Å²) in [4.78, 5) is 0. The van der Waals surface area contributed by atoms with Crippen molar-refractivity contribution in [2.45, 2.75) is 37.1 Å². The predicted octanol–water partition coefficient (Wildman–Crippen LogP) is 2.36. The average molecular weight is 228 g/mol. The van der Waals surface area contributed by atoms with E-state index in [-0.39, 0.29) is 18.9 Å². The second-order valence-corrected chi connectivity index (χ2v) is 4.68. The molecule has 3 rings (SSSR count). The van der Waals surface area contributed by atoms with Gasteiger partial charge in [-0.2, -0.15) is 5.10 Å². The third-order valence-electron chi connectivity index (χ3n) is 3.46. The summed E-state index contributed by atoms with van der Waals surface area (Å²) in [5.74, 6) is -2.16. The van der Waals surface area contributed by atoms with E-state index in [1.807, 2.05) is 6.07 Å². The quantitative estimate of drug-likeness (QED) is 0.777. The lowest BCUT2D eigenvalue weighted by Gasteiger charge is -2.36. The number of ether oxygens (including phenoxy) is 1. The lowest BCUT2D eigenvalue weighted by Crippen LogP contribution is -2.38. The maximum atomic E-state index is 12.8. The minimum atomic E-state index is -2.49. The van der Waals surface area contributed by atoms with Crippen LogP contribution in [0.25, 0.3) is 0 Å². The first kappa shape index (κ1) is 10.2. The Morgan fingerprint density at radius 2 is 2.25 bits per heavy atom. The van der Waals surface area contributed by atoms with Crippen LogP contribution in [0.1, 0.15) is 36.9 Å². The number of rotatable bonds is 2. The molecule has 2 aliphatic rings. The van der Waals surface area contributed by atoms with Crippen molar-refractivity contribution in [2.24, 2.45) is 0 Å². The van der Waals surface area contributed by atoms with Crippen molar-refractivity contribution >= 4 is 0 Å². The third kappa shape index (κ3) is 1.63. The monoisotopic (exact) mass is 228 g/mol. The maximum Gasteiger partial charge on any atom is 0.252 e. The standard InChI is InChI=1S/C11H14F2N2O/c12-11(13)5-9(6-11)15-10(1-3-14-15)8-2-4-16-7-8/h1,3,8-9H,2,4-7H2. The number of hydrogen-bond acceptors (Lipinski definition) is 2. The largest absolute Gasteiger partial charge is 0.381 e. The van der Waals surface area contributed by atoms with Gasteiger partial charge in [-0.3, -0.25) is 4.68 Å². The van der Waals surface area contributed by atoms with Crippen molar-refractivity contribution < 1.29 is 13.5 Å². The lowest BCUT2D eigenvalue weighted by molar-refractivity contribution is -0.107. The molecule has 1 aromatic heterocycles. The zero-order chi connectivity index (χ0) is 11.2. The summed E-state index contributed by atoms with van der Waals surface area (Å²) in [5, 5.41) is 4.18. The molecule has 1 unspecified atom stereocenters. The van der Waals surface area contributed by atoms with Crippen LogP contribution < -0.4 is 0 Å². The fourth-order valence-corrected chi connectivity index (χ4v) is 2.52. The van der Waals surface area contributed by atoms with Crippen LogP contribution in [0.5, 0.6) is 0 Å². The molecule has 1 saturated carbocycles. The molecule has 2 fully saturated rings. The van der Waals surface area contributed by atoms with Crippen molar-refractivity contribution in [1.29, 1.82) is 0 Å². The van der Waals surface area contributed by atoms with E-state index in [0.717, 1.165) is 18.7 Å². The van der Waals surface area contributed by atoms with E-state index in [1.54, 1.807) is 10.9 Å². The molecule has 1 aliphatic carbocycles. The lowest BCUT2D eigenvalue weighted by atomic mass is 9.87. The van der Waals surface area contributed by atoms with E-state index in [4.69, 9.17) is 4.74 Å². The van der Waals surface area contributed by atoms with Crippen LogP contribution in [0.2, 0.25) is 0 Å². The van der Waals surface area contributed by atoms with Gasteiger partial charge in [0.15, 0.2) is 0 Å². The van der Waals surface area contributed by atoms with Gasteiger partial charge >= 0.3 is 0 Å². The molecular weight excluding hydrogens is 214 g/mol. The van der Waals surface area contributed by atoms with Crippen molar-refractivity contribution in [3.63, 3.8) is 0 Å². The van der Waals surface area contributed by atoms with Gasteiger partial charge < -0.3 is 4.74 Å². The molecule has 0 aromatic carbocycles. The first-order valence-electron chi connectivity index (χ1n) is 5.65. The topological polar surface area (TPSA) is 27.1 Å². The van der Waals surface area contributed by atoms with Gasteiger partial charge in [0.25, 0.3) is 5.92 Å². The molecule has 0 bridgehead atoms. The molecule has 1 aromatic rings. The van der Waals surface area contributed by atoms with Gasteiger partial charge in [-0.15, -0.1) is 0 Å². The van der Waals surface area contributed by atoms with Crippen molar-refractivity contribution in [3.05, 3.63) is 18.0 Å². The zero-order valence-electron chi connectivity index (χ0n) is 8.90. The Hall–Kier alpha value is -0.970. The summed E-state index contributed by atoms with van der Waals surface area (Å²) in [5.41, 5.74) is 1.05. The molecule has 1 atom stereocenters. The number of halogens is 2. The Bertz CT molecular complexity index is 377. The van der Waals surface area contributed by atoms with Gasteiger partial charge in [0.05, 0.1) is 12.6 Å². The van der Waals surface area contributed by atoms with Gasteiger partial charge in [0.1, 0.15) is 0 Å². The minimum absolute atomic E-state index is 0.0741. The second kappa shape index (κ2) is 3.52. The van der Waals surface area contributed by atoms with E-state index >= 15 is 0 Å². The van der Waals surface area contributed by atoms with Crippen molar-refractivity contribution in [2.75, 3.05) is 13.2 Å². The van der Waals surface area contributed by atoms with Crippen LogP contribution in [-0.2, 0) is 4.74 Å². The third-order valence-corrected chi connectivity index (χ3v) is 3.46. The van der Waals surface area contributed by atoms with Crippen LogP contribution in [0.4, 0.5) is 8.78 Å². The van der Waals surface area contributed by atoms with Crippen molar-refractivity contribution in [3.8, 4) is 0 Å². The second-order valence-electron chi connectivity index (χ2n) is 4.68. The Morgan fingerprint density at radius 3 is 2.88 bits per heavy atom. The molecular formula is C11H14F2N2O. The average Bonchev–Trinajstić information content (AvgIpc) is 2.84. The van der Waals surface area contributed by atoms with E-state index in [9.17, 15) is 8.78 Å². The Balaban J connectivity index is 1.78. The highest BCUT2D eigenvalue weighted by molar-refractivity contribution is 5.12. The molecule has 0 amide bonds. The summed E-state index contributed by atoms with van der Waals surface area (Å²) in [6.07, 6.45) is 2.52. The molecule has 16 heavy (non-hydrogen) atoms. The first-order chi connectivity index (χ1) is 7.66. The fraction of sp³-hybridized carbons (Fsp3) is 0.727. The number of hydrogen-bond donors (Lipinski definition) is 0. The Labute approximate surface area is 92.4 Å². The molecule has 5 heteroatoms.